The Labute approximate surface area is 124 Å². The quantitative estimate of drug-likeness (QED) is 0.747. The fourth-order valence-electron chi connectivity index (χ4n) is 1.90. The summed E-state index contributed by atoms with van der Waals surface area (Å²) in [6.45, 7) is 3.73. The summed E-state index contributed by atoms with van der Waals surface area (Å²) in [4.78, 5) is 32.3. The van der Waals surface area contributed by atoms with E-state index in [2.05, 4.69) is 15.3 Å². The fraction of sp³-hybridized carbons (Fsp3) is 0.385. The van der Waals surface area contributed by atoms with Crippen LogP contribution in [0.5, 0.6) is 0 Å². The van der Waals surface area contributed by atoms with Gasteiger partial charge < -0.3 is 15.5 Å². The first-order valence-electron chi connectivity index (χ1n) is 6.39. The summed E-state index contributed by atoms with van der Waals surface area (Å²) in [5.74, 6) is -1.54. The molecule has 0 spiro atoms. The summed E-state index contributed by atoms with van der Waals surface area (Å²) in [6, 6.07) is 0.673. The van der Waals surface area contributed by atoms with E-state index in [4.69, 9.17) is 10.2 Å². The third-order valence-electron chi connectivity index (χ3n) is 2.89. The molecular weight excluding hydrogens is 294 g/mol. The summed E-state index contributed by atoms with van der Waals surface area (Å²) in [5, 5.41) is 21.3. The molecular formula is C13H15N3O4S. The molecule has 2 aromatic rings. The van der Waals surface area contributed by atoms with Crippen molar-refractivity contribution >= 4 is 39.3 Å². The van der Waals surface area contributed by atoms with Crippen LogP contribution in [-0.2, 0) is 16.0 Å². The molecule has 0 bridgehead atoms. The van der Waals surface area contributed by atoms with Gasteiger partial charge in [-0.1, -0.05) is 6.92 Å². The van der Waals surface area contributed by atoms with Gasteiger partial charge in [0.1, 0.15) is 22.5 Å². The topological polar surface area (TPSA) is 112 Å². The molecule has 0 aromatic carbocycles. The zero-order chi connectivity index (χ0) is 15.6. The minimum absolute atomic E-state index is 0.363. The summed E-state index contributed by atoms with van der Waals surface area (Å²) in [6.07, 6.45) is 0.321. The molecule has 3 N–H and O–H groups in total. The van der Waals surface area contributed by atoms with Crippen LogP contribution in [-0.4, -0.2) is 38.2 Å². The second kappa shape index (κ2) is 6.04. The van der Waals surface area contributed by atoms with Gasteiger partial charge in [0, 0.05) is 4.88 Å². The van der Waals surface area contributed by atoms with Crippen LogP contribution in [0.3, 0.4) is 0 Å². The minimum atomic E-state index is -1.23. The molecule has 2 heterocycles. The molecule has 112 valence electrons. The predicted molar refractivity (Wildman–Crippen MR) is 78.8 cm³/mol. The SMILES string of the molecule is CCc1cc2c(NC(CC(=O)O)C(=O)O)nc(C)nc2s1. The van der Waals surface area contributed by atoms with Crippen LogP contribution in [0.25, 0.3) is 10.2 Å². The summed E-state index contributed by atoms with van der Waals surface area (Å²) < 4.78 is 0. The van der Waals surface area contributed by atoms with Crippen molar-refractivity contribution in [2.75, 3.05) is 5.32 Å². The first-order valence-corrected chi connectivity index (χ1v) is 7.20. The normalized spacial score (nSPS) is 12.3. The van der Waals surface area contributed by atoms with Crippen molar-refractivity contribution in [3.8, 4) is 0 Å². The molecule has 0 saturated carbocycles. The molecule has 0 aliphatic rings. The lowest BCUT2D eigenvalue weighted by molar-refractivity contribution is -0.144. The van der Waals surface area contributed by atoms with Crippen molar-refractivity contribution in [1.82, 2.24) is 9.97 Å². The summed E-state index contributed by atoms with van der Waals surface area (Å²) in [5.41, 5.74) is 0. The molecule has 0 saturated heterocycles. The van der Waals surface area contributed by atoms with Crippen LogP contribution in [0.1, 0.15) is 24.0 Å². The van der Waals surface area contributed by atoms with Crippen molar-refractivity contribution < 1.29 is 19.8 Å². The monoisotopic (exact) mass is 309 g/mol. The lowest BCUT2D eigenvalue weighted by atomic mass is 10.2. The van der Waals surface area contributed by atoms with Gasteiger partial charge in [0.2, 0.25) is 0 Å². The largest absolute Gasteiger partial charge is 0.481 e. The fourth-order valence-corrected chi connectivity index (χ4v) is 2.91. The smallest absolute Gasteiger partial charge is 0.326 e. The van der Waals surface area contributed by atoms with Gasteiger partial charge in [-0.05, 0) is 19.4 Å². The maximum Gasteiger partial charge on any atom is 0.326 e. The van der Waals surface area contributed by atoms with Crippen molar-refractivity contribution in [2.24, 2.45) is 0 Å². The van der Waals surface area contributed by atoms with E-state index >= 15 is 0 Å². The number of anilines is 1. The first kappa shape index (κ1) is 15.2. The molecule has 0 radical (unpaired) electrons. The number of aryl methyl sites for hydroxylation is 2. The highest BCUT2D eigenvalue weighted by molar-refractivity contribution is 7.18. The van der Waals surface area contributed by atoms with E-state index in [1.165, 1.54) is 11.3 Å². The van der Waals surface area contributed by atoms with Crippen LogP contribution in [0.15, 0.2) is 6.07 Å². The third kappa shape index (κ3) is 3.46. The van der Waals surface area contributed by atoms with E-state index in [0.29, 0.717) is 11.6 Å². The number of nitrogens with zero attached hydrogens (tertiary/aromatic N) is 2. The minimum Gasteiger partial charge on any atom is -0.481 e. The molecule has 7 nitrogen and oxygen atoms in total. The van der Waals surface area contributed by atoms with Gasteiger partial charge in [-0.3, -0.25) is 4.79 Å². The summed E-state index contributed by atoms with van der Waals surface area (Å²) in [7, 11) is 0. The number of hydrogen-bond acceptors (Lipinski definition) is 6. The van der Waals surface area contributed by atoms with Crippen molar-refractivity contribution in [3.05, 3.63) is 16.8 Å². The zero-order valence-electron chi connectivity index (χ0n) is 11.6. The van der Waals surface area contributed by atoms with Crippen molar-refractivity contribution in [1.29, 1.82) is 0 Å². The highest BCUT2D eigenvalue weighted by Crippen LogP contribution is 2.29. The van der Waals surface area contributed by atoms with Crippen LogP contribution in [0.4, 0.5) is 5.82 Å². The Bertz CT molecular complexity index is 698. The van der Waals surface area contributed by atoms with Crippen LogP contribution < -0.4 is 5.32 Å². The number of hydrogen-bond donors (Lipinski definition) is 3. The highest BCUT2D eigenvalue weighted by Gasteiger charge is 2.23. The van der Waals surface area contributed by atoms with E-state index in [9.17, 15) is 9.59 Å². The van der Waals surface area contributed by atoms with Gasteiger partial charge in [-0.25, -0.2) is 14.8 Å². The zero-order valence-corrected chi connectivity index (χ0v) is 12.4. The second-order valence-corrected chi connectivity index (χ2v) is 5.65. The number of thiophene rings is 1. The van der Waals surface area contributed by atoms with E-state index in [0.717, 1.165) is 21.5 Å². The molecule has 2 aromatic heterocycles. The van der Waals surface area contributed by atoms with Gasteiger partial charge in [0.15, 0.2) is 0 Å². The molecule has 2 rings (SSSR count). The molecule has 1 unspecified atom stereocenters. The number of carbonyl (C=O) groups is 2. The van der Waals surface area contributed by atoms with Crippen LogP contribution in [0, 0.1) is 6.92 Å². The average molecular weight is 309 g/mol. The lowest BCUT2D eigenvalue weighted by Crippen LogP contribution is -2.32. The molecule has 0 amide bonds. The van der Waals surface area contributed by atoms with Gasteiger partial charge in [-0.2, -0.15) is 0 Å². The number of fused-ring (bicyclic) bond motifs is 1. The highest BCUT2D eigenvalue weighted by atomic mass is 32.1. The van der Waals surface area contributed by atoms with Gasteiger partial charge in [0.25, 0.3) is 0 Å². The van der Waals surface area contributed by atoms with E-state index in [1.54, 1.807) is 6.92 Å². The Morgan fingerprint density at radius 2 is 2.10 bits per heavy atom. The molecule has 0 aliphatic carbocycles. The van der Waals surface area contributed by atoms with Crippen molar-refractivity contribution in [2.45, 2.75) is 32.7 Å². The predicted octanol–water partition coefficient (Wildman–Crippen LogP) is 1.90. The van der Waals surface area contributed by atoms with Gasteiger partial charge in [-0.15, -0.1) is 11.3 Å². The van der Waals surface area contributed by atoms with Gasteiger partial charge >= 0.3 is 11.9 Å². The molecule has 0 aliphatic heterocycles. The Balaban J connectivity index is 2.41. The molecule has 1 atom stereocenters. The van der Waals surface area contributed by atoms with E-state index in [1.807, 2.05) is 13.0 Å². The summed E-state index contributed by atoms with van der Waals surface area (Å²) >= 11 is 1.52. The van der Waals surface area contributed by atoms with Gasteiger partial charge in [0.05, 0.1) is 11.8 Å². The average Bonchev–Trinajstić information content (AvgIpc) is 2.80. The number of aromatic nitrogens is 2. The molecule has 8 heteroatoms. The number of carboxylic acid groups (broad SMARTS) is 2. The first-order chi connectivity index (χ1) is 9.90. The van der Waals surface area contributed by atoms with Crippen LogP contribution in [0.2, 0.25) is 0 Å². The molecule has 0 fully saturated rings. The molecule has 21 heavy (non-hydrogen) atoms. The Hall–Kier alpha value is -2.22. The second-order valence-electron chi connectivity index (χ2n) is 4.54. The van der Waals surface area contributed by atoms with E-state index in [-0.39, 0.29) is 0 Å². The van der Waals surface area contributed by atoms with Crippen molar-refractivity contribution in [3.63, 3.8) is 0 Å². The maximum absolute atomic E-state index is 11.2. The lowest BCUT2D eigenvalue weighted by Gasteiger charge is -2.13. The third-order valence-corrected chi connectivity index (χ3v) is 4.07. The number of nitrogens with one attached hydrogen (secondary N) is 1. The van der Waals surface area contributed by atoms with Crippen LogP contribution >= 0.6 is 11.3 Å². The van der Waals surface area contributed by atoms with E-state index < -0.39 is 24.4 Å². The maximum atomic E-state index is 11.2. The number of carboxylic acids is 2. The Kier molecular flexibility index (Phi) is 4.37. The Morgan fingerprint density at radius 3 is 2.67 bits per heavy atom. The number of rotatable bonds is 6. The standard InChI is InChI=1S/C13H15N3O4S/c1-3-7-4-8-11(14-6(2)15-12(8)21-7)16-9(13(19)20)5-10(17)18/h4,9H,3,5H2,1-2H3,(H,17,18)(H,19,20)(H,14,15,16). The number of aliphatic carboxylic acids is 2. The Morgan fingerprint density at radius 1 is 1.38 bits per heavy atom.